The van der Waals surface area contributed by atoms with Crippen molar-refractivity contribution >= 4 is 28.9 Å². The lowest BCUT2D eigenvalue weighted by Gasteiger charge is -2.08. The summed E-state index contributed by atoms with van der Waals surface area (Å²) in [4.78, 5) is 14.7. The Morgan fingerprint density at radius 1 is 1.50 bits per heavy atom. The van der Waals surface area contributed by atoms with Crippen LogP contribution in [0, 0.1) is 0 Å². The van der Waals surface area contributed by atoms with Crippen LogP contribution in [0.4, 0.5) is 11.4 Å². The number of rotatable bonds is 4. The van der Waals surface area contributed by atoms with Gasteiger partial charge in [-0.05, 0) is 18.2 Å². The molecule has 18 heavy (non-hydrogen) atoms. The molecule has 0 unspecified atom stereocenters. The highest BCUT2D eigenvalue weighted by atomic mass is 35.5. The summed E-state index contributed by atoms with van der Waals surface area (Å²) in [5, 5.41) is 6.26. The van der Waals surface area contributed by atoms with Crippen LogP contribution in [-0.4, -0.2) is 10.9 Å². The van der Waals surface area contributed by atoms with Crippen LogP contribution in [-0.2, 0) is 11.3 Å². The Morgan fingerprint density at radius 3 is 2.94 bits per heavy atom. The van der Waals surface area contributed by atoms with Crippen LogP contribution in [0.15, 0.2) is 35.2 Å². The molecule has 1 aromatic heterocycles. The minimum atomic E-state index is -0.153. The fraction of sp³-hybridized carbons (Fsp3) is 0.167. The summed E-state index contributed by atoms with van der Waals surface area (Å²) in [5.74, 6) is 0.580. The molecule has 0 bridgehead atoms. The highest BCUT2D eigenvalue weighted by Crippen LogP contribution is 2.25. The van der Waals surface area contributed by atoms with Crippen LogP contribution in [0.25, 0.3) is 0 Å². The van der Waals surface area contributed by atoms with E-state index in [1.165, 1.54) is 13.3 Å². The van der Waals surface area contributed by atoms with Crippen LogP contribution in [0.2, 0.25) is 5.02 Å². The van der Waals surface area contributed by atoms with E-state index in [9.17, 15) is 4.79 Å². The Morgan fingerprint density at radius 2 is 2.33 bits per heavy atom. The normalized spacial score (nSPS) is 10.1. The zero-order chi connectivity index (χ0) is 13.0. The van der Waals surface area contributed by atoms with Gasteiger partial charge in [0, 0.05) is 12.6 Å². The van der Waals surface area contributed by atoms with E-state index in [1.807, 2.05) is 6.07 Å². The molecule has 1 heterocycles. The van der Waals surface area contributed by atoms with Gasteiger partial charge >= 0.3 is 0 Å². The van der Waals surface area contributed by atoms with Gasteiger partial charge in [-0.1, -0.05) is 11.6 Å². The zero-order valence-electron chi connectivity index (χ0n) is 9.74. The lowest BCUT2D eigenvalue weighted by molar-refractivity contribution is -0.114. The number of oxazole rings is 1. The second-order valence-corrected chi connectivity index (χ2v) is 4.10. The molecule has 0 aliphatic heterocycles. The van der Waals surface area contributed by atoms with E-state index in [0.29, 0.717) is 17.3 Å². The Bertz CT molecular complexity index is 540. The van der Waals surface area contributed by atoms with Gasteiger partial charge in [-0.25, -0.2) is 4.98 Å². The smallest absolute Gasteiger partial charge is 0.221 e. The number of benzene rings is 1. The molecule has 2 N–H and O–H groups in total. The molecule has 0 fully saturated rings. The summed E-state index contributed by atoms with van der Waals surface area (Å²) in [6.45, 7) is 1.96. The SMILES string of the molecule is CC(=O)Nc1ccc(NCc2cnco2)cc1Cl. The third-order valence-electron chi connectivity index (χ3n) is 2.23. The van der Waals surface area contributed by atoms with Crippen LogP contribution in [0.1, 0.15) is 12.7 Å². The molecule has 1 amide bonds. The topological polar surface area (TPSA) is 67.2 Å². The summed E-state index contributed by atoms with van der Waals surface area (Å²) in [5.41, 5.74) is 1.43. The number of carbonyl (C=O) groups is 1. The van der Waals surface area contributed by atoms with Gasteiger partial charge in [0.25, 0.3) is 0 Å². The van der Waals surface area contributed by atoms with Crippen LogP contribution in [0.5, 0.6) is 0 Å². The van der Waals surface area contributed by atoms with E-state index in [0.717, 1.165) is 11.4 Å². The van der Waals surface area contributed by atoms with Gasteiger partial charge in [0.05, 0.1) is 23.5 Å². The van der Waals surface area contributed by atoms with Crippen molar-refractivity contribution in [3.05, 3.63) is 41.6 Å². The fourth-order valence-corrected chi connectivity index (χ4v) is 1.66. The quantitative estimate of drug-likeness (QED) is 0.892. The van der Waals surface area contributed by atoms with Gasteiger partial charge in [-0.15, -0.1) is 0 Å². The maximum atomic E-state index is 10.9. The highest BCUT2D eigenvalue weighted by molar-refractivity contribution is 6.34. The Balaban J connectivity index is 2.02. The molecule has 94 valence electrons. The van der Waals surface area contributed by atoms with Gasteiger partial charge in [0.15, 0.2) is 6.39 Å². The van der Waals surface area contributed by atoms with Crippen molar-refractivity contribution in [1.29, 1.82) is 0 Å². The van der Waals surface area contributed by atoms with Crippen LogP contribution in [0.3, 0.4) is 0 Å². The maximum Gasteiger partial charge on any atom is 0.221 e. The first-order valence-corrected chi connectivity index (χ1v) is 5.71. The molecule has 5 nitrogen and oxygen atoms in total. The predicted octanol–water partition coefficient (Wildman–Crippen LogP) is 2.90. The van der Waals surface area contributed by atoms with Crippen LogP contribution < -0.4 is 10.6 Å². The standard InChI is InChI=1S/C12H12ClN3O2/c1-8(17)16-12-3-2-9(4-11(12)13)15-6-10-5-14-7-18-10/h2-5,7,15H,6H2,1H3,(H,16,17). The molecule has 0 spiro atoms. The summed E-state index contributed by atoms with van der Waals surface area (Å²) in [7, 11) is 0. The minimum Gasteiger partial charge on any atom is -0.447 e. The van der Waals surface area contributed by atoms with Crippen LogP contribution >= 0.6 is 11.6 Å². The van der Waals surface area contributed by atoms with E-state index < -0.39 is 0 Å². The van der Waals surface area contributed by atoms with Crippen molar-refractivity contribution in [3.63, 3.8) is 0 Å². The average Bonchev–Trinajstić information content (AvgIpc) is 2.82. The number of anilines is 2. The molecule has 1 aromatic carbocycles. The number of aromatic nitrogens is 1. The summed E-state index contributed by atoms with van der Waals surface area (Å²) < 4.78 is 5.10. The number of hydrogen-bond donors (Lipinski definition) is 2. The van der Waals surface area contributed by atoms with Gasteiger partial charge in [0.1, 0.15) is 5.76 Å². The summed E-state index contributed by atoms with van der Waals surface area (Å²) in [6, 6.07) is 5.31. The Labute approximate surface area is 109 Å². The Hall–Kier alpha value is -2.01. The molecule has 0 saturated heterocycles. The average molecular weight is 266 g/mol. The molecule has 0 saturated carbocycles. The van der Waals surface area contributed by atoms with E-state index in [2.05, 4.69) is 15.6 Å². The minimum absolute atomic E-state index is 0.153. The molecule has 6 heteroatoms. The zero-order valence-corrected chi connectivity index (χ0v) is 10.5. The van der Waals surface area contributed by atoms with Crippen molar-refractivity contribution < 1.29 is 9.21 Å². The number of nitrogens with one attached hydrogen (secondary N) is 2. The maximum absolute atomic E-state index is 10.9. The van der Waals surface area contributed by atoms with Crippen molar-refractivity contribution in [1.82, 2.24) is 4.98 Å². The predicted molar refractivity (Wildman–Crippen MR) is 69.6 cm³/mol. The van der Waals surface area contributed by atoms with Crippen molar-refractivity contribution in [2.24, 2.45) is 0 Å². The lowest BCUT2D eigenvalue weighted by Crippen LogP contribution is -2.06. The van der Waals surface area contributed by atoms with Gasteiger partial charge < -0.3 is 15.1 Å². The van der Waals surface area contributed by atoms with E-state index in [-0.39, 0.29) is 5.91 Å². The molecule has 2 aromatic rings. The lowest BCUT2D eigenvalue weighted by atomic mass is 10.2. The number of nitrogens with zero attached hydrogens (tertiary/aromatic N) is 1. The molecule has 2 rings (SSSR count). The van der Waals surface area contributed by atoms with Crippen molar-refractivity contribution in [3.8, 4) is 0 Å². The van der Waals surface area contributed by atoms with E-state index in [1.54, 1.807) is 18.3 Å². The Kier molecular flexibility index (Phi) is 3.84. The van der Waals surface area contributed by atoms with E-state index in [4.69, 9.17) is 16.0 Å². The number of halogens is 1. The highest BCUT2D eigenvalue weighted by Gasteiger charge is 2.04. The third kappa shape index (κ3) is 3.24. The number of amides is 1. The fourth-order valence-electron chi connectivity index (χ4n) is 1.43. The molecule has 0 atom stereocenters. The third-order valence-corrected chi connectivity index (χ3v) is 2.54. The first-order valence-electron chi connectivity index (χ1n) is 5.33. The molecule has 0 aliphatic rings. The van der Waals surface area contributed by atoms with Crippen molar-refractivity contribution in [2.75, 3.05) is 10.6 Å². The number of carbonyl (C=O) groups excluding carboxylic acids is 1. The molecular weight excluding hydrogens is 254 g/mol. The van der Waals surface area contributed by atoms with Crippen molar-refractivity contribution in [2.45, 2.75) is 13.5 Å². The number of hydrogen-bond acceptors (Lipinski definition) is 4. The first kappa shape index (κ1) is 12.4. The molecule has 0 aliphatic carbocycles. The first-order chi connectivity index (χ1) is 8.65. The summed E-state index contributed by atoms with van der Waals surface area (Å²) >= 11 is 6.04. The van der Waals surface area contributed by atoms with E-state index >= 15 is 0 Å². The second kappa shape index (κ2) is 5.55. The molecule has 0 radical (unpaired) electrons. The van der Waals surface area contributed by atoms with Gasteiger partial charge in [0.2, 0.25) is 5.91 Å². The largest absolute Gasteiger partial charge is 0.447 e. The molecular formula is C12H12ClN3O2. The van der Waals surface area contributed by atoms with Gasteiger partial charge in [-0.3, -0.25) is 4.79 Å². The van der Waals surface area contributed by atoms with Gasteiger partial charge in [-0.2, -0.15) is 0 Å². The monoisotopic (exact) mass is 265 g/mol. The summed E-state index contributed by atoms with van der Waals surface area (Å²) in [6.07, 6.45) is 3.02. The second-order valence-electron chi connectivity index (χ2n) is 3.70.